The van der Waals surface area contributed by atoms with Gasteiger partial charge in [0.15, 0.2) is 6.61 Å². The van der Waals surface area contributed by atoms with Crippen LogP contribution >= 0.6 is 24.0 Å². The number of ether oxygens (including phenoxy) is 1. The van der Waals surface area contributed by atoms with Gasteiger partial charge in [0.2, 0.25) is 0 Å². The first-order chi connectivity index (χ1) is 10.1. The number of carbonyl (C=O) groups excluding carboxylic acids is 1. The molecule has 0 heterocycles. The van der Waals surface area contributed by atoms with Gasteiger partial charge in [0, 0.05) is 12.1 Å². The maximum absolute atomic E-state index is 13.0. The Balaban J connectivity index is 0.00000242. The molecule has 1 aliphatic carbocycles. The minimum atomic E-state index is -0.513. The van der Waals surface area contributed by atoms with E-state index in [-0.39, 0.29) is 36.0 Å². The highest BCUT2D eigenvalue weighted by Crippen LogP contribution is 2.24. The van der Waals surface area contributed by atoms with Gasteiger partial charge in [0.25, 0.3) is 5.91 Å². The molecule has 1 fully saturated rings. The molecule has 0 aliphatic heterocycles. The molecule has 22 heavy (non-hydrogen) atoms. The molecule has 0 radical (unpaired) electrons. The van der Waals surface area contributed by atoms with Crippen molar-refractivity contribution in [1.29, 1.82) is 0 Å². The molecule has 4 nitrogen and oxygen atoms in total. The first-order valence-electron chi connectivity index (χ1n) is 7.17. The molecule has 0 aromatic heterocycles. The van der Waals surface area contributed by atoms with Gasteiger partial charge < -0.3 is 15.8 Å². The van der Waals surface area contributed by atoms with Gasteiger partial charge in [0.05, 0.1) is 5.02 Å². The largest absolute Gasteiger partial charge is 0.484 e. The summed E-state index contributed by atoms with van der Waals surface area (Å²) in [5.74, 6) is 0.000735. The zero-order chi connectivity index (χ0) is 15.2. The zero-order valence-electron chi connectivity index (χ0n) is 12.2. The van der Waals surface area contributed by atoms with E-state index in [1.54, 1.807) is 0 Å². The summed E-state index contributed by atoms with van der Waals surface area (Å²) in [5, 5.41) is 2.94. The molecule has 2 rings (SSSR count). The van der Waals surface area contributed by atoms with E-state index in [4.69, 9.17) is 22.1 Å². The fourth-order valence-corrected chi connectivity index (χ4v) is 2.81. The first-order valence-corrected chi connectivity index (χ1v) is 7.55. The number of nitrogens with one attached hydrogen (secondary N) is 1. The molecule has 1 aromatic carbocycles. The van der Waals surface area contributed by atoms with E-state index in [0.717, 1.165) is 19.3 Å². The van der Waals surface area contributed by atoms with Crippen LogP contribution in [0.25, 0.3) is 0 Å². The SMILES string of the molecule is Cl.NCC1CCCCC1NC(=O)COc1ccc(F)c(Cl)c1. The Morgan fingerprint density at radius 1 is 1.41 bits per heavy atom. The minimum Gasteiger partial charge on any atom is -0.484 e. The second-order valence-electron chi connectivity index (χ2n) is 5.32. The van der Waals surface area contributed by atoms with Gasteiger partial charge in [-0.05, 0) is 37.4 Å². The van der Waals surface area contributed by atoms with Gasteiger partial charge in [-0.2, -0.15) is 0 Å². The predicted octanol–water partition coefficient (Wildman–Crippen LogP) is 2.91. The van der Waals surface area contributed by atoms with Crippen LogP contribution in [0.5, 0.6) is 5.75 Å². The summed E-state index contributed by atoms with van der Waals surface area (Å²) >= 11 is 5.65. The van der Waals surface area contributed by atoms with Crippen LogP contribution in [-0.4, -0.2) is 25.1 Å². The maximum atomic E-state index is 13.0. The normalized spacial score (nSPS) is 20.9. The Bertz CT molecular complexity index is 502. The van der Waals surface area contributed by atoms with Gasteiger partial charge in [-0.25, -0.2) is 4.39 Å². The second-order valence-corrected chi connectivity index (χ2v) is 5.73. The lowest BCUT2D eigenvalue weighted by atomic mass is 9.84. The number of nitrogens with two attached hydrogens (primary N) is 1. The average molecular weight is 351 g/mol. The van der Waals surface area contributed by atoms with Crippen LogP contribution in [0, 0.1) is 11.7 Å². The molecule has 0 saturated heterocycles. The predicted molar refractivity (Wildman–Crippen MR) is 87.1 cm³/mol. The van der Waals surface area contributed by atoms with Crippen LogP contribution in [0.3, 0.4) is 0 Å². The molecule has 2 unspecified atom stereocenters. The van der Waals surface area contributed by atoms with Crippen molar-refractivity contribution >= 4 is 29.9 Å². The minimum absolute atomic E-state index is 0. The highest BCUT2D eigenvalue weighted by Gasteiger charge is 2.25. The van der Waals surface area contributed by atoms with Crippen molar-refractivity contribution in [2.45, 2.75) is 31.7 Å². The fourth-order valence-electron chi connectivity index (χ4n) is 2.64. The Hall–Kier alpha value is -1.04. The summed E-state index contributed by atoms with van der Waals surface area (Å²) in [7, 11) is 0. The van der Waals surface area contributed by atoms with Crippen molar-refractivity contribution < 1.29 is 13.9 Å². The summed E-state index contributed by atoms with van der Waals surface area (Å²) < 4.78 is 18.3. The second kappa shape index (κ2) is 9.18. The smallest absolute Gasteiger partial charge is 0.258 e. The van der Waals surface area contributed by atoms with Crippen LogP contribution in [0.15, 0.2) is 18.2 Å². The molecular weight excluding hydrogens is 330 g/mol. The Morgan fingerprint density at radius 3 is 2.82 bits per heavy atom. The van der Waals surface area contributed by atoms with Crippen molar-refractivity contribution in [3.63, 3.8) is 0 Å². The molecule has 1 aromatic rings. The summed E-state index contributed by atoms with van der Waals surface area (Å²) in [6.45, 7) is 0.467. The molecule has 7 heteroatoms. The van der Waals surface area contributed by atoms with E-state index >= 15 is 0 Å². The first kappa shape index (κ1) is 19.0. The van der Waals surface area contributed by atoms with Crippen molar-refractivity contribution in [3.05, 3.63) is 29.0 Å². The topological polar surface area (TPSA) is 64.3 Å². The van der Waals surface area contributed by atoms with Crippen molar-refractivity contribution in [1.82, 2.24) is 5.32 Å². The molecule has 2 atom stereocenters. The lowest BCUT2D eigenvalue weighted by Gasteiger charge is -2.31. The standard InChI is InChI=1S/C15H20ClFN2O2.ClH/c16-12-7-11(5-6-13(12)17)21-9-15(20)19-14-4-2-1-3-10(14)8-18;/h5-7,10,14H,1-4,8-9,18H2,(H,19,20);1H. The van der Waals surface area contributed by atoms with Crippen LogP contribution < -0.4 is 15.8 Å². The quantitative estimate of drug-likeness (QED) is 0.857. The van der Waals surface area contributed by atoms with Crippen LogP contribution in [-0.2, 0) is 4.79 Å². The van der Waals surface area contributed by atoms with Gasteiger partial charge in [-0.15, -0.1) is 12.4 Å². The van der Waals surface area contributed by atoms with E-state index in [1.807, 2.05) is 0 Å². The number of rotatable bonds is 5. The van der Waals surface area contributed by atoms with E-state index < -0.39 is 5.82 Å². The number of hydrogen-bond acceptors (Lipinski definition) is 3. The number of amides is 1. The van der Waals surface area contributed by atoms with Gasteiger partial charge >= 0.3 is 0 Å². The summed E-state index contributed by atoms with van der Waals surface area (Å²) in [5.41, 5.74) is 5.73. The maximum Gasteiger partial charge on any atom is 0.258 e. The summed E-state index contributed by atoms with van der Waals surface area (Å²) in [6, 6.07) is 4.13. The third-order valence-corrected chi connectivity index (χ3v) is 4.11. The van der Waals surface area contributed by atoms with Crippen molar-refractivity contribution in [2.75, 3.05) is 13.2 Å². The van der Waals surface area contributed by atoms with Gasteiger partial charge in [-0.3, -0.25) is 4.79 Å². The third kappa shape index (κ3) is 5.30. The molecule has 0 spiro atoms. The molecular formula is C15H21Cl2FN2O2. The molecule has 1 amide bonds. The number of carbonyl (C=O) groups is 1. The van der Waals surface area contributed by atoms with Crippen LogP contribution in [0.2, 0.25) is 5.02 Å². The van der Waals surface area contributed by atoms with Crippen molar-refractivity contribution in [3.8, 4) is 5.75 Å². The summed E-state index contributed by atoms with van der Waals surface area (Å²) in [6.07, 6.45) is 4.28. The third-order valence-electron chi connectivity index (χ3n) is 3.82. The molecule has 1 aliphatic rings. The lowest BCUT2D eigenvalue weighted by molar-refractivity contribution is -0.124. The Labute approximate surface area is 140 Å². The van der Waals surface area contributed by atoms with E-state index in [1.165, 1.54) is 24.6 Å². The molecule has 1 saturated carbocycles. The van der Waals surface area contributed by atoms with E-state index in [2.05, 4.69) is 5.32 Å². The zero-order valence-corrected chi connectivity index (χ0v) is 13.8. The molecule has 0 bridgehead atoms. The van der Waals surface area contributed by atoms with Crippen LogP contribution in [0.4, 0.5) is 4.39 Å². The molecule has 124 valence electrons. The highest BCUT2D eigenvalue weighted by molar-refractivity contribution is 6.30. The van der Waals surface area contributed by atoms with Crippen LogP contribution in [0.1, 0.15) is 25.7 Å². The Kier molecular flexibility index (Phi) is 7.93. The average Bonchev–Trinajstić information content (AvgIpc) is 2.49. The van der Waals surface area contributed by atoms with E-state index in [0.29, 0.717) is 18.2 Å². The fraction of sp³-hybridized carbons (Fsp3) is 0.533. The van der Waals surface area contributed by atoms with Gasteiger partial charge in [-0.1, -0.05) is 24.4 Å². The van der Waals surface area contributed by atoms with Gasteiger partial charge in [0.1, 0.15) is 11.6 Å². The van der Waals surface area contributed by atoms with E-state index in [9.17, 15) is 9.18 Å². The number of halogens is 3. The monoisotopic (exact) mass is 350 g/mol. The van der Waals surface area contributed by atoms with Crippen molar-refractivity contribution in [2.24, 2.45) is 11.7 Å². The Morgan fingerprint density at radius 2 is 2.14 bits per heavy atom. The number of benzene rings is 1. The lowest BCUT2D eigenvalue weighted by Crippen LogP contribution is -2.46. The molecule has 3 N–H and O–H groups in total. The summed E-state index contributed by atoms with van der Waals surface area (Å²) in [4.78, 5) is 11.9. The number of hydrogen-bond donors (Lipinski definition) is 2. The highest BCUT2D eigenvalue weighted by atomic mass is 35.5.